The number of hydrogen-bond donors (Lipinski definition) is 1. The predicted molar refractivity (Wildman–Crippen MR) is 123 cm³/mol. The van der Waals surface area contributed by atoms with Gasteiger partial charge in [0.2, 0.25) is 0 Å². The molecule has 0 radical (unpaired) electrons. The summed E-state index contributed by atoms with van der Waals surface area (Å²) in [6.45, 7) is 3.95. The van der Waals surface area contributed by atoms with Crippen LogP contribution in [0.5, 0.6) is 5.75 Å². The fraction of sp³-hybridized carbons (Fsp3) is 0.0800. The van der Waals surface area contributed by atoms with Gasteiger partial charge in [-0.1, -0.05) is 42.5 Å². The number of anilines is 1. The fourth-order valence-corrected chi connectivity index (χ4v) is 3.78. The predicted octanol–water partition coefficient (Wildman–Crippen LogP) is 4.93. The Morgan fingerprint density at radius 2 is 1.91 bits per heavy atom. The van der Waals surface area contributed by atoms with Gasteiger partial charge in [0.1, 0.15) is 23.9 Å². The molecule has 4 rings (SSSR count). The van der Waals surface area contributed by atoms with Crippen LogP contribution in [-0.2, 0) is 9.59 Å². The quantitative estimate of drug-likeness (QED) is 0.251. The van der Waals surface area contributed by atoms with E-state index >= 15 is 0 Å². The van der Waals surface area contributed by atoms with Gasteiger partial charge in [-0.05, 0) is 54.1 Å². The number of benzene rings is 2. The van der Waals surface area contributed by atoms with E-state index < -0.39 is 17.7 Å². The molecule has 1 amide bonds. The largest absolute Gasteiger partial charge is 0.507 e. The van der Waals surface area contributed by atoms with Crippen molar-refractivity contribution in [3.05, 3.63) is 107 Å². The Kier molecular flexibility index (Phi) is 6.05. The van der Waals surface area contributed by atoms with E-state index in [-0.39, 0.29) is 11.3 Å². The zero-order valence-corrected chi connectivity index (χ0v) is 17.7. The van der Waals surface area contributed by atoms with Crippen LogP contribution in [0.4, 0.5) is 5.82 Å². The first kappa shape index (κ1) is 21.3. The second-order valence-electron chi connectivity index (χ2n) is 7.04. The number of amides is 1. The number of pyridine rings is 1. The monoisotopic (exact) mass is 446 g/mol. The molecule has 6 nitrogen and oxygen atoms in total. The summed E-state index contributed by atoms with van der Waals surface area (Å²) in [5.74, 6) is -0.984. The molecule has 0 spiro atoms. The van der Waals surface area contributed by atoms with Crippen LogP contribution in [0.2, 0.25) is 5.02 Å². The summed E-state index contributed by atoms with van der Waals surface area (Å²) >= 11 is 6.19. The van der Waals surface area contributed by atoms with Crippen molar-refractivity contribution >= 4 is 34.9 Å². The van der Waals surface area contributed by atoms with Gasteiger partial charge in [0.25, 0.3) is 5.78 Å². The van der Waals surface area contributed by atoms with E-state index in [1.165, 1.54) is 11.1 Å². The lowest BCUT2D eigenvalue weighted by Crippen LogP contribution is -2.30. The number of aliphatic hydroxyl groups excluding tert-OH is 1. The highest BCUT2D eigenvalue weighted by Crippen LogP contribution is 2.42. The summed E-state index contributed by atoms with van der Waals surface area (Å²) in [5.41, 5.74) is 0.916. The molecule has 1 aromatic heterocycles. The Bertz CT molecular complexity index is 1210. The number of Topliss-reactive ketones (excluding diaryl/α,β-unsaturated/α-hetero) is 1. The SMILES string of the molecule is C=CCOc1ccc(C(O)=C2C(=O)C(=O)N(c3ccccn3)[C@@H]2c2cccc(Cl)c2)cc1. The van der Waals surface area contributed by atoms with Crippen molar-refractivity contribution in [2.24, 2.45) is 0 Å². The highest BCUT2D eigenvalue weighted by Gasteiger charge is 2.47. The molecule has 1 N–H and O–H groups in total. The van der Waals surface area contributed by atoms with Crippen LogP contribution in [0.3, 0.4) is 0 Å². The number of nitrogens with zero attached hydrogens (tertiary/aromatic N) is 2. The number of carbonyl (C=O) groups is 2. The van der Waals surface area contributed by atoms with E-state index in [0.717, 1.165) is 0 Å². The molecule has 160 valence electrons. The molecule has 0 unspecified atom stereocenters. The summed E-state index contributed by atoms with van der Waals surface area (Å²) in [5, 5.41) is 11.6. The Balaban J connectivity index is 1.85. The van der Waals surface area contributed by atoms with Crippen LogP contribution in [0.25, 0.3) is 5.76 Å². The summed E-state index contributed by atoms with van der Waals surface area (Å²) in [7, 11) is 0. The maximum Gasteiger partial charge on any atom is 0.301 e. The molecule has 2 aromatic carbocycles. The van der Waals surface area contributed by atoms with E-state index in [0.29, 0.717) is 34.3 Å². The maximum atomic E-state index is 13.1. The van der Waals surface area contributed by atoms with Crippen molar-refractivity contribution < 1.29 is 19.4 Å². The number of aliphatic hydroxyl groups is 1. The Morgan fingerprint density at radius 3 is 2.56 bits per heavy atom. The minimum Gasteiger partial charge on any atom is -0.507 e. The first-order valence-corrected chi connectivity index (χ1v) is 10.2. The Labute approximate surface area is 190 Å². The first-order valence-electron chi connectivity index (χ1n) is 9.83. The number of ether oxygens (including phenoxy) is 1. The van der Waals surface area contributed by atoms with Gasteiger partial charge in [-0.25, -0.2) is 4.98 Å². The summed E-state index contributed by atoms with van der Waals surface area (Å²) in [4.78, 5) is 31.6. The van der Waals surface area contributed by atoms with E-state index in [2.05, 4.69) is 11.6 Å². The lowest BCUT2D eigenvalue weighted by molar-refractivity contribution is -0.132. The van der Waals surface area contributed by atoms with Crippen LogP contribution >= 0.6 is 11.6 Å². The molecular weight excluding hydrogens is 428 g/mol. The van der Waals surface area contributed by atoms with Crippen molar-refractivity contribution in [2.75, 3.05) is 11.5 Å². The zero-order chi connectivity index (χ0) is 22.7. The van der Waals surface area contributed by atoms with E-state index in [1.54, 1.807) is 72.8 Å². The van der Waals surface area contributed by atoms with Crippen molar-refractivity contribution in [2.45, 2.75) is 6.04 Å². The van der Waals surface area contributed by atoms with Gasteiger partial charge in [-0.2, -0.15) is 0 Å². The fourth-order valence-electron chi connectivity index (χ4n) is 3.58. The maximum absolute atomic E-state index is 13.1. The minimum absolute atomic E-state index is 0.0392. The second kappa shape index (κ2) is 9.08. The number of carbonyl (C=O) groups excluding carboxylic acids is 2. The Hall–Kier alpha value is -3.90. The van der Waals surface area contributed by atoms with Gasteiger partial charge >= 0.3 is 5.91 Å². The number of rotatable bonds is 6. The molecule has 7 heteroatoms. The van der Waals surface area contributed by atoms with Gasteiger partial charge in [0.15, 0.2) is 0 Å². The lowest BCUT2D eigenvalue weighted by Gasteiger charge is -2.24. The third-order valence-electron chi connectivity index (χ3n) is 5.00. The third kappa shape index (κ3) is 4.00. The molecular formula is C25H19ClN2O4. The standard InChI is InChI=1S/C25H19ClN2O4/c1-2-14-32-19-11-9-16(10-12-19)23(29)21-22(17-6-5-7-18(26)15-17)28(25(31)24(21)30)20-8-3-4-13-27-20/h2-13,15,22,29H,1,14H2/t22-/m1/s1. The van der Waals surface area contributed by atoms with Crippen molar-refractivity contribution in [1.29, 1.82) is 0 Å². The molecule has 2 heterocycles. The first-order chi connectivity index (χ1) is 15.5. The molecule has 1 atom stereocenters. The van der Waals surface area contributed by atoms with Crippen LogP contribution in [0.15, 0.2) is 91.2 Å². The molecule has 1 aliphatic rings. The molecule has 1 fully saturated rings. The average molecular weight is 447 g/mol. The molecule has 1 aliphatic heterocycles. The molecule has 0 saturated carbocycles. The summed E-state index contributed by atoms with van der Waals surface area (Å²) in [6.07, 6.45) is 3.16. The molecule has 32 heavy (non-hydrogen) atoms. The topological polar surface area (TPSA) is 79.7 Å². The van der Waals surface area contributed by atoms with E-state index in [1.807, 2.05) is 0 Å². The van der Waals surface area contributed by atoms with Gasteiger partial charge in [-0.15, -0.1) is 0 Å². The summed E-state index contributed by atoms with van der Waals surface area (Å²) in [6, 6.07) is 17.6. The van der Waals surface area contributed by atoms with Gasteiger partial charge in [-0.3, -0.25) is 14.5 Å². The van der Waals surface area contributed by atoms with Crippen LogP contribution in [-0.4, -0.2) is 28.4 Å². The lowest BCUT2D eigenvalue weighted by atomic mass is 9.95. The number of aromatic nitrogens is 1. The van der Waals surface area contributed by atoms with E-state index in [4.69, 9.17) is 16.3 Å². The minimum atomic E-state index is -0.889. The smallest absolute Gasteiger partial charge is 0.301 e. The number of hydrogen-bond acceptors (Lipinski definition) is 5. The number of halogens is 1. The van der Waals surface area contributed by atoms with Crippen LogP contribution in [0.1, 0.15) is 17.2 Å². The Morgan fingerprint density at radius 1 is 1.12 bits per heavy atom. The van der Waals surface area contributed by atoms with Crippen molar-refractivity contribution in [3.8, 4) is 5.75 Å². The molecule has 1 saturated heterocycles. The highest BCUT2D eigenvalue weighted by molar-refractivity contribution is 6.51. The molecule has 0 bridgehead atoms. The molecule has 3 aromatic rings. The normalized spacial score (nSPS) is 17.4. The van der Waals surface area contributed by atoms with Crippen LogP contribution < -0.4 is 9.64 Å². The molecule has 0 aliphatic carbocycles. The van der Waals surface area contributed by atoms with Gasteiger partial charge in [0.05, 0.1) is 11.6 Å². The number of ketones is 1. The highest BCUT2D eigenvalue weighted by atomic mass is 35.5. The summed E-state index contributed by atoms with van der Waals surface area (Å²) < 4.78 is 5.46. The second-order valence-corrected chi connectivity index (χ2v) is 7.47. The average Bonchev–Trinajstić information content (AvgIpc) is 3.08. The van der Waals surface area contributed by atoms with Gasteiger partial charge < -0.3 is 9.84 Å². The third-order valence-corrected chi connectivity index (χ3v) is 5.24. The van der Waals surface area contributed by atoms with Gasteiger partial charge in [0, 0.05) is 16.8 Å². The van der Waals surface area contributed by atoms with Crippen LogP contribution in [0, 0.1) is 0 Å². The van der Waals surface area contributed by atoms with Crippen molar-refractivity contribution in [3.63, 3.8) is 0 Å². The van der Waals surface area contributed by atoms with E-state index in [9.17, 15) is 14.7 Å². The van der Waals surface area contributed by atoms with Crippen molar-refractivity contribution in [1.82, 2.24) is 4.98 Å². The zero-order valence-electron chi connectivity index (χ0n) is 16.9.